The molecular weight excluding hydrogens is 264 g/mol. The van der Waals surface area contributed by atoms with Crippen molar-refractivity contribution in [2.75, 3.05) is 19.6 Å². The zero-order valence-corrected chi connectivity index (χ0v) is 12.8. The van der Waals surface area contributed by atoms with E-state index in [9.17, 15) is 4.79 Å². The predicted molar refractivity (Wildman–Crippen MR) is 83.0 cm³/mol. The average molecular weight is 286 g/mol. The summed E-state index contributed by atoms with van der Waals surface area (Å²) in [5.74, 6) is 5.84. The van der Waals surface area contributed by atoms with Crippen molar-refractivity contribution in [3.05, 3.63) is 34.9 Å². The number of nitrogens with two attached hydrogens (primary N) is 1. The maximum atomic E-state index is 12.7. The van der Waals surface area contributed by atoms with Gasteiger partial charge in [-0.3, -0.25) is 4.79 Å². The summed E-state index contributed by atoms with van der Waals surface area (Å²) in [4.78, 5) is 14.6. The third-order valence-corrected chi connectivity index (χ3v) is 3.51. The number of aryl methyl sites for hydroxylation is 1. The minimum atomic E-state index is 0.0471. The largest absolute Gasteiger partial charge is 0.372 e. The summed E-state index contributed by atoms with van der Waals surface area (Å²) >= 11 is 0. The van der Waals surface area contributed by atoms with Crippen LogP contribution < -0.4 is 5.73 Å². The topological polar surface area (TPSA) is 55.6 Å². The van der Waals surface area contributed by atoms with E-state index < -0.39 is 0 Å². The van der Waals surface area contributed by atoms with Gasteiger partial charge in [-0.1, -0.05) is 17.9 Å². The van der Waals surface area contributed by atoms with E-state index >= 15 is 0 Å². The van der Waals surface area contributed by atoms with Gasteiger partial charge in [-0.15, -0.1) is 0 Å². The van der Waals surface area contributed by atoms with Crippen LogP contribution in [0.2, 0.25) is 0 Å². The zero-order valence-electron chi connectivity index (χ0n) is 12.8. The fourth-order valence-corrected chi connectivity index (χ4v) is 2.60. The second-order valence-corrected chi connectivity index (χ2v) is 5.50. The number of carbonyl (C=O) groups excluding carboxylic acids is 1. The second-order valence-electron chi connectivity index (χ2n) is 5.50. The molecule has 1 aliphatic heterocycles. The summed E-state index contributed by atoms with van der Waals surface area (Å²) in [7, 11) is 0. The van der Waals surface area contributed by atoms with E-state index in [0.717, 1.165) is 11.1 Å². The normalized spacial score (nSPS) is 21.6. The highest BCUT2D eigenvalue weighted by atomic mass is 16.5. The van der Waals surface area contributed by atoms with Crippen molar-refractivity contribution in [2.45, 2.75) is 33.0 Å². The number of rotatable bonds is 1. The number of benzene rings is 1. The molecule has 4 nitrogen and oxygen atoms in total. The van der Waals surface area contributed by atoms with Crippen LogP contribution in [0.4, 0.5) is 0 Å². The van der Waals surface area contributed by atoms with E-state index in [0.29, 0.717) is 25.2 Å². The standard InChI is InChI=1S/C17H22N2O2/c1-12-6-7-15(5-4-8-18)9-16(12)17(20)19-10-13(2)21-14(3)11-19/h6-7,9,13-14H,8,10-11,18H2,1-3H3/t13-,14+. The van der Waals surface area contributed by atoms with Crippen LogP contribution in [0.3, 0.4) is 0 Å². The third-order valence-electron chi connectivity index (χ3n) is 3.51. The first kappa shape index (κ1) is 15.6. The van der Waals surface area contributed by atoms with Gasteiger partial charge < -0.3 is 15.4 Å². The van der Waals surface area contributed by atoms with Gasteiger partial charge in [0.2, 0.25) is 0 Å². The van der Waals surface area contributed by atoms with Crippen molar-refractivity contribution in [1.82, 2.24) is 4.90 Å². The molecule has 0 aliphatic carbocycles. The van der Waals surface area contributed by atoms with Crippen LogP contribution in [0.15, 0.2) is 18.2 Å². The molecule has 1 aromatic rings. The van der Waals surface area contributed by atoms with E-state index in [1.54, 1.807) is 0 Å². The Labute approximate surface area is 126 Å². The van der Waals surface area contributed by atoms with Crippen LogP contribution in [0, 0.1) is 18.8 Å². The van der Waals surface area contributed by atoms with Crippen molar-refractivity contribution in [2.24, 2.45) is 5.73 Å². The van der Waals surface area contributed by atoms with Crippen LogP contribution in [0.1, 0.15) is 35.3 Å². The average Bonchev–Trinajstić information content (AvgIpc) is 2.44. The Morgan fingerprint density at radius 3 is 2.67 bits per heavy atom. The first-order valence-corrected chi connectivity index (χ1v) is 7.25. The summed E-state index contributed by atoms with van der Waals surface area (Å²) in [5, 5.41) is 0. The van der Waals surface area contributed by atoms with Gasteiger partial charge in [-0.05, 0) is 38.5 Å². The summed E-state index contributed by atoms with van der Waals surface area (Å²) in [6, 6.07) is 5.70. The van der Waals surface area contributed by atoms with E-state index in [1.807, 2.05) is 43.9 Å². The van der Waals surface area contributed by atoms with Crippen LogP contribution in [0.25, 0.3) is 0 Å². The highest BCUT2D eigenvalue weighted by Crippen LogP contribution is 2.17. The number of hydrogen-bond acceptors (Lipinski definition) is 3. The first-order valence-electron chi connectivity index (χ1n) is 7.25. The van der Waals surface area contributed by atoms with Gasteiger partial charge in [-0.25, -0.2) is 0 Å². The van der Waals surface area contributed by atoms with Crippen LogP contribution >= 0.6 is 0 Å². The van der Waals surface area contributed by atoms with Gasteiger partial charge in [0, 0.05) is 24.2 Å². The maximum Gasteiger partial charge on any atom is 0.254 e. The highest BCUT2D eigenvalue weighted by molar-refractivity contribution is 5.96. The Kier molecular flexibility index (Phi) is 5.00. The monoisotopic (exact) mass is 286 g/mol. The molecule has 2 rings (SSSR count). The Morgan fingerprint density at radius 2 is 2.05 bits per heavy atom. The number of ether oxygens (including phenoxy) is 1. The second kappa shape index (κ2) is 6.75. The van der Waals surface area contributed by atoms with Crippen LogP contribution in [-0.4, -0.2) is 42.6 Å². The number of carbonyl (C=O) groups is 1. The van der Waals surface area contributed by atoms with E-state index in [2.05, 4.69) is 11.8 Å². The van der Waals surface area contributed by atoms with E-state index in [1.165, 1.54) is 0 Å². The number of nitrogens with zero attached hydrogens (tertiary/aromatic N) is 1. The minimum Gasteiger partial charge on any atom is -0.372 e. The van der Waals surface area contributed by atoms with Crippen LogP contribution in [0.5, 0.6) is 0 Å². The molecule has 1 heterocycles. The summed E-state index contributed by atoms with van der Waals surface area (Å²) in [6.07, 6.45) is 0.136. The van der Waals surface area contributed by atoms with Crippen molar-refractivity contribution >= 4 is 5.91 Å². The minimum absolute atomic E-state index is 0.0471. The smallest absolute Gasteiger partial charge is 0.254 e. The molecule has 1 aromatic carbocycles. The SMILES string of the molecule is Cc1ccc(C#CCN)cc1C(=O)N1C[C@@H](C)O[C@@H](C)C1. The molecule has 1 saturated heterocycles. The van der Waals surface area contributed by atoms with Gasteiger partial charge in [0.15, 0.2) is 0 Å². The Balaban J connectivity index is 2.25. The molecule has 1 aliphatic rings. The zero-order chi connectivity index (χ0) is 15.4. The molecule has 2 N–H and O–H groups in total. The molecule has 0 radical (unpaired) electrons. The van der Waals surface area contributed by atoms with Gasteiger partial charge in [0.1, 0.15) is 0 Å². The summed E-state index contributed by atoms with van der Waals surface area (Å²) in [5.41, 5.74) is 7.88. The predicted octanol–water partition coefficient (Wildman–Crippen LogP) is 1.55. The van der Waals surface area contributed by atoms with Crippen molar-refractivity contribution in [3.63, 3.8) is 0 Å². The van der Waals surface area contributed by atoms with Crippen molar-refractivity contribution < 1.29 is 9.53 Å². The number of hydrogen-bond donors (Lipinski definition) is 1. The molecule has 0 bridgehead atoms. The molecule has 1 fully saturated rings. The summed E-state index contributed by atoms with van der Waals surface area (Å²) < 4.78 is 5.68. The first-order chi connectivity index (χ1) is 10.0. The van der Waals surface area contributed by atoms with Crippen LogP contribution in [-0.2, 0) is 4.74 Å². The molecule has 2 atom stereocenters. The number of morpholine rings is 1. The lowest BCUT2D eigenvalue weighted by molar-refractivity contribution is -0.0586. The molecule has 1 amide bonds. The maximum absolute atomic E-state index is 12.7. The lowest BCUT2D eigenvalue weighted by Gasteiger charge is -2.35. The van der Waals surface area contributed by atoms with Gasteiger partial charge in [0.25, 0.3) is 5.91 Å². The quantitative estimate of drug-likeness (QED) is 0.797. The lowest BCUT2D eigenvalue weighted by atomic mass is 10.0. The molecule has 0 aromatic heterocycles. The van der Waals surface area contributed by atoms with Crippen molar-refractivity contribution in [3.8, 4) is 11.8 Å². The number of amides is 1. The van der Waals surface area contributed by atoms with Gasteiger partial charge in [-0.2, -0.15) is 0 Å². The molecule has 0 unspecified atom stereocenters. The lowest BCUT2D eigenvalue weighted by Crippen LogP contribution is -2.48. The Bertz CT molecular complexity index is 576. The molecule has 4 heteroatoms. The summed E-state index contributed by atoms with van der Waals surface area (Å²) in [6.45, 7) is 7.50. The molecule has 112 valence electrons. The Morgan fingerprint density at radius 1 is 1.38 bits per heavy atom. The van der Waals surface area contributed by atoms with E-state index in [4.69, 9.17) is 10.5 Å². The fourth-order valence-electron chi connectivity index (χ4n) is 2.60. The van der Waals surface area contributed by atoms with Gasteiger partial charge in [0.05, 0.1) is 18.8 Å². The Hall–Kier alpha value is -1.83. The van der Waals surface area contributed by atoms with Crippen molar-refractivity contribution in [1.29, 1.82) is 0 Å². The van der Waals surface area contributed by atoms with E-state index in [-0.39, 0.29) is 18.1 Å². The molecular formula is C17H22N2O2. The van der Waals surface area contributed by atoms with Gasteiger partial charge >= 0.3 is 0 Å². The third kappa shape index (κ3) is 3.84. The fraction of sp³-hybridized carbons (Fsp3) is 0.471. The molecule has 0 spiro atoms. The highest BCUT2D eigenvalue weighted by Gasteiger charge is 2.27. The molecule has 0 saturated carbocycles. The molecule has 21 heavy (non-hydrogen) atoms.